The molecular formula is C25H26N4O. The van der Waals surface area contributed by atoms with Crippen LogP contribution < -0.4 is 5.32 Å². The zero-order valence-electron chi connectivity index (χ0n) is 17.5. The fourth-order valence-electron chi connectivity index (χ4n) is 4.79. The number of anilines is 1. The van der Waals surface area contributed by atoms with E-state index in [0.717, 1.165) is 11.3 Å². The van der Waals surface area contributed by atoms with Gasteiger partial charge in [0, 0.05) is 18.0 Å². The summed E-state index contributed by atoms with van der Waals surface area (Å²) >= 11 is 0. The zero-order valence-corrected chi connectivity index (χ0v) is 17.5. The van der Waals surface area contributed by atoms with Gasteiger partial charge in [-0.2, -0.15) is 10.1 Å². The average Bonchev–Trinajstić information content (AvgIpc) is 3.20. The van der Waals surface area contributed by atoms with Crippen molar-refractivity contribution in [2.45, 2.75) is 45.1 Å². The largest absolute Gasteiger partial charge is 0.328 e. The summed E-state index contributed by atoms with van der Waals surface area (Å²) in [6.07, 6.45) is 4.28. The lowest BCUT2D eigenvalue weighted by Crippen LogP contribution is -2.40. The van der Waals surface area contributed by atoms with E-state index in [1.807, 2.05) is 16.8 Å². The Bertz CT molecular complexity index is 1130. The van der Waals surface area contributed by atoms with Crippen molar-refractivity contribution in [2.24, 2.45) is 5.92 Å². The van der Waals surface area contributed by atoms with Crippen LogP contribution in [0, 0.1) is 12.8 Å². The number of carbonyl (C=O) groups is 1. The highest BCUT2D eigenvalue weighted by atomic mass is 16.1. The fourth-order valence-corrected chi connectivity index (χ4v) is 4.79. The van der Waals surface area contributed by atoms with E-state index in [9.17, 15) is 4.79 Å². The Morgan fingerprint density at radius 1 is 1.10 bits per heavy atom. The number of nitrogens with zero attached hydrogens (tertiary/aromatic N) is 3. The molecule has 30 heavy (non-hydrogen) atoms. The van der Waals surface area contributed by atoms with Gasteiger partial charge >= 0.3 is 0 Å². The molecule has 0 amide bonds. The van der Waals surface area contributed by atoms with Crippen LogP contribution in [-0.4, -0.2) is 20.5 Å². The summed E-state index contributed by atoms with van der Waals surface area (Å²) in [6.45, 7) is 6.48. The van der Waals surface area contributed by atoms with Gasteiger partial charge < -0.3 is 5.32 Å². The third kappa shape index (κ3) is 3.05. The minimum Gasteiger partial charge on any atom is -0.328 e. The summed E-state index contributed by atoms with van der Waals surface area (Å²) in [5, 5.41) is 7.84. The number of Topliss-reactive ketones (excluding diaryl/α,β-unsaturated/α-hetero) is 1. The molecular weight excluding hydrogens is 372 g/mol. The first kappa shape index (κ1) is 18.8. The summed E-state index contributed by atoms with van der Waals surface area (Å²) in [4.78, 5) is 17.9. The number of fused-ring (bicyclic) bond motifs is 2. The van der Waals surface area contributed by atoms with E-state index in [-0.39, 0.29) is 23.7 Å². The van der Waals surface area contributed by atoms with E-state index in [1.165, 1.54) is 16.7 Å². The highest BCUT2D eigenvalue weighted by Gasteiger charge is 2.43. The lowest BCUT2D eigenvalue weighted by atomic mass is 9.75. The number of hydrogen-bond donors (Lipinski definition) is 1. The number of allylic oxidation sites excluding steroid dienone is 2. The summed E-state index contributed by atoms with van der Waals surface area (Å²) in [5.74, 6) is 1.21. The maximum Gasteiger partial charge on any atom is 0.226 e. The first-order valence-electron chi connectivity index (χ1n) is 10.6. The monoisotopic (exact) mass is 398 g/mol. The molecule has 3 aromatic rings. The quantitative estimate of drug-likeness (QED) is 0.676. The SMILES string of the molecule is Cc1ccccc1[C@H]1C=C2Nc3ncnn3[C@H](c3ccc(C(C)C)cc3)[C@H]2C(=O)C1. The normalized spacial score (nSPS) is 22.9. The molecule has 0 spiro atoms. The number of rotatable bonds is 3. The molecule has 0 bridgehead atoms. The number of aromatic nitrogens is 3. The van der Waals surface area contributed by atoms with E-state index in [4.69, 9.17) is 0 Å². The Balaban J connectivity index is 1.59. The van der Waals surface area contributed by atoms with Gasteiger partial charge in [-0.1, -0.05) is 68.5 Å². The van der Waals surface area contributed by atoms with E-state index in [2.05, 4.69) is 78.6 Å². The first-order chi connectivity index (χ1) is 14.5. The molecule has 1 aliphatic heterocycles. The van der Waals surface area contributed by atoms with E-state index in [0.29, 0.717) is 18.3 Å². The smallest absolute Gasteiger partial charge is 0.226 e. The van der Waals surface area contributed by atoms with Crippen LogP contribution in [0.3, 0.4) is 0 Å². The van der Waals surface area contributed by atoms with Crippen LogP contribution in [0.25, 0.3) is 0 Å². The number of aryl methyl sites for hydroxylation is 1. The van der Waals surface area contributed by atoms with Crippen LogP contribution in [0.4, 0.5) is 5.95 Å². The van der Waals surface area contributed by atoms with Gasteiger partial charge in [0.1, 0.15) is 12.1 Å². The Morgan fingerprint density at radius 2 is 1.87 bits per heavy atom. The van der Waals surface area contributed by atoms with Gasteiger partial charge in [-0.05, 0) is 35.1 Å². The second-order valence-corrected chi connectivity index (χ2v) is 8.65. The predicted octanol–water partition coefficient (Wildman–Crippen LogP) is 4.98. The second-order valence-electron chi connectivity index (χ2n) is 8.65. The van der Waals surface area contributed by atoms with Gasteiger partial charge in [-0.25, -0.2) is 4.68 Å². The van der Waals surface area contributed by atoms with Crippen LogP contribution in [0.1, 0.15) is 60.4 Å². The highest BCUT2D eigenvalue weighted by Crippen LogP contribution is 2.44. The first-order valence-corrected chi connectivity index (χ1v) is 10.6. The molecule has 0 unspecified atom stereocenters. The molecule has 2 aromatic carbocycles. The Labute approximate surface area is 176 Å². The van der Waals surface area contributed by atoms with Crippen molar-refractivity contribution < 1.29 is 4.79 Å². The molecule has 2 heterocycles. The van der Waals surface area contributed by atoms with Gasteiger partial charge in [0.05, 0.1) is 12.0 Å². The Morgan fingerprint density at radius 3 is 2.60 bits per heavy atom. The second kappa shape index (κ2) is 7.24. The third-order valence-electron chi connectivity index (χ3n) is 6.42. The number of carbonyl (C=O) groups excluding carboxylic acids is 1. The van der Waals surface area contributed by atoms with Crippen LogP contribution in [0.5, 0.6) is 0 Å². The molecule has 2 aliphatic rings. The molecule has 5 nitrogen and oxygen atoms in total. The lowest BCUT2D eigenvalue weighted by Gasteiger charge is -2.38. The van der Waals surface area contributed by atoms with E-state index in [1.54, 1.807) is 6.33 Å². The summed E-state index contributed by atoms with van der Waals surface area (Å²) in [7, 11) is 0. The van der Waals surface area contributed by atoms with Crippen LogP contribution >= 0.6 is 0 Å². The average molecular weight is 399 g/mol. The third-order valence-corrected chi connectivity index (χ3v) is 6.42. The fraction of sp³-hybridized carbons (Fsp3) is 0.320. The molecule has 3 atom stereocenters. The minimum absolute atomic E-state index is 0.0795. The topological polar surface area (TPSA) is 59.8 Å². The summed E-state index contributed by atoms with van der Waals surface area (Å²) in [6, 6.07) is 16.7. The number of benzene rings is 2. The van der Waals surface area contributed by atoms with Crippen molar-refractivity contribution >= 4 is 11.7 Å². The molecule has 0 radical (unpaired) electrons. The van der Waals surface area contributed by atoms with E-state index < -0.39 is 0 Å². The standard InChI is InChI=1S/C25H26N4O/c1-15(2)17-8-10-18(11-9-17)24-23-21(28-25-26-14-27-29(24)25)12-19(13-22(23)30)20-7-5-4-6-16(20)3/h4-12,14-15,19,23-24H,13H2,1-3H3,(H,26,27,28)/t19-,23+,24+/m0/s1. The van der Waals surface area contributed by atoms with E-state index >= 15 is 0 Å². The van der Waals surface area contributed by atoms with Crippen molar-refractivity contribution in [3.8, 4) is 0 Å². The van der Waals surface area contributed by atoms with Crippen molar-refractivity contribution in [2.75, 3.05) is 5.32 Å². The Kier molecular flexibility index (Phi) is 4.54. The molecule has 5 rings (SSSR count). The van der Waals surface area contributed by atoms with Crippen LogP contribution in [0.15, 0.2) is 66.6 Å². The van der Waals surface area contributed by atoms with Crippen molar-refractivity contribution in [3.63, 3.8) is 0 Å². The highest BCUT2D eigenvalue weighted by molar-refractivity contribution is 5.88. The number of ketones is 1. The van der Waals surface area contributed by atoms with Crippen LogP contribution in [0.2, 0.25) is 0 Å². The molecule has 0 saturated carbocycles. The molecule has 0 fully saturated rings. The van der Waals surface area contributed by atoms with Gasteiger partial charge in [0.25, 0.3) is 0 Å². The summed E-state index contributed by atoms with van der Waals surface area (Å²) < 4.78 is 1.86. The van der Waals surface area contributed by atoms with Crippen molar-refractivity contribution in [1.29, 1.82) is 0 Å². The molecule has 5 heteroatoms. The number of nitrogens with one attached hydrogen (secondary N) is 1. The minimum atomic E-state index is -0.274. The number of hydrogen-bond acceptors (Lipinski definition) is 4. The summed E-state index contributed by atoms with van der Waals surface area (Å²) in [5.41, 5.74) is 5.75. The van der Waals surface area contributed by atoms with Gasteiger partial charge in [0.2, 0.25) is 5.95 Å². The molecule has 1 N–H and O–H groups in total. The maximum atomic E-state index is 13.5. The van der Waals surface area contributed by atoms with Gasteiger partial charge in [-0.3, -0.25) is 4.79 Å². The molecule has 0 saturated heterocycles. The van der Waals surface area contributed by atoms with Crippen molar-refractivity contribution in [3.05, 3.63) is 88.9 Å². The molecule has 152 valence electrons. The lowest BCUT2D eigenvalue weighted by molar-refractivity contribution is -0.123. The molecule has 1 aliphatic carbocycles. The maximum absolute atomic E-state index is 13.5. The van der Waals surface area contributed by atoms with Gasteiger partial charge in [0.15, 0.2) is 0 Å². The van der Waals surface area contributed by atoms with Crippen LogP contribution in [-0.2, 0) is 4.79 Å². The molecule has 1 aromatic heterocycles. The van der Waals surface area contributed by atoms with Crippen molar-refractivity contribution in [1.82, 2.24) is 14.8 Å². The predicted molar refractivity (Wildman–Crippen MR) is 117 cm³/mol. The Hall–Kier alpha value is -3.21. The zero-order chi connectivity index (χ0) is 20.8. The van der Waals surface area contributed by atoms with Gasteiger partial charge in [-0.15, -0.1) is 0 Å².